The van der Waals surface area contributed by atoms with Gasteiger partial charge in [-0.3, -0.25) is 9.59 Å². The first-order valence-electron chi connectivity index (χ1n) is 8.67. The molecule has 1 aliphatic heterocycles. The van der Waals surface area contributed by atoms with E-state index in [0.29, 0.717) is 24.3 Å². The van der Waals surface area contributed by atoms with Crippen LogP contribution in [0.15, 0.2) is 48.5 Å². The minimum atomic E-state index is -0.666. The smallest absolute Gasteiger partial charge is 0.328 e. The zero-order chi connectivity index (χ0) is 19.4. The maximum Gasteiger partial charge on any atom is 0.328 e. The highest BCUT2D eigenvalue weighted by Crippen LogP contribution is 2.24. The van der Waals surface area contributed by atoms with Crippen molar-refractivity contribution in [2.24, 2.45) is 0 Å². The van der Waals surface area contributed by atoms with Crippen LogP contribution in [0.2, 0.25) is 0 Å². The minimum Gasteiger partial charge on any atom is -0.484 e. The SMILES string of the molecule is COC(=O)C1Cc2ccccc2CN1C(=O)COc1ccc(C(C)=O)cc1. The quantitative estimate of drug-likeness (QED) is 0.599. The summed E-state index contributed by atoms with van der Waals surface area (Å²) in [7, 11) is 1.32. The lowest BCUT2D eigenvalue weighted by atomic mass is 9.94. The molecule has 1 amide bonds. The van der Waals surface area contributed by atoms with Gasteiger partial charge < -0.3 is 14.4 Å². The molecule has 0 saturated carbocycles. The molecule has 0 spiro atoms. The van der Waals surface area contributed by atoms with E-state index in [1.54, 1.807) is 24.3 Å². The molecule has 1 aliphatic rings. The molecular formula is C21H21NO5. The van der Waals surface area contributed by atoms with Crippen molar-refractivity contribution in [1.29, 1.82) is 0 Å². The standard InChI is InChI=1S/C21H21NO5/c1-14(23)15-7-9-18(10-8-15)27-13-20(24)22-12-17-6-4-3-5-16(17)11-19(22)21(25)26-2/h3-10,19H,11-13H2,1-2H3. The van der Waals surface area contributed by atoms with Crippen molar-refractivity contribution >= 4 is 17.7 Å². The Morgan fingerprint density at radius 1 is 1.04 bits per heavy atom. The van der Waals surface area contributed by atoms with Crippen LogP contribution in [-0.2, 0) is 27.3 Å². The number of ketones is 1. The first-order chi connectivity index (χ1) is 13.0. The number of benzene rings is 2. The summed E-state index contributed by atoms with van der Waals surface area (Å²) in [6.45, 7) is 1.62. The van der Waals surface area contributed by atoms with Crippen molar-refractivity contribution in [1.82, 2.24) is 4.90 Å². The topological polar surface area (TPSA) is 72.9 Å². The molecule has 0 fully saturated rings. The summed E-state index contributed by atoms with van der Waals surface area (Å²) >= 11 is 0. The second kappa shape index (κ2) is 8.03. The van der Waals surface area contributed by atoms with Crippen LogP contribution in [0.1, 0.15) is 28.4 Å². The lowest BCUT2D eigenvalue weighted by molar-refractivity contribution is -0.154. The zero-order valence-corrected chi connectivity index (χ0v) is 15.3. The summed E-state index contributed by atoms with van der Waals surface area (Å²) in [6.07, 6.45) is 0.419. The maximum absolute atomic E-state index is 12.7. The van der Waals surface area contributed by atoms with E-state index in [1.807, 2.05) is 24.3 Å². The van der Waals surface area contributed by atoms with Crippen LogP contribution in [0.5, 0.6) is 5.75 Å². The van der Waals surface area contributed by atoms with Crippen molar-refractivity contribution < 1.29 is 23.9 Å². The average molecular weight is 367 g/mol. The third-order valence-electron chi connectivity index (χ3n) is 4.67. The number of hydrogen-bond acceptors (Lipinski definition) is 5. The van der Waals surface area contributed by atoms with Crippen LogP contribution in [0.3, 0.4) is 0 Å². The van der Waals surface area contributed by atoms with Crippen LogP contribution < -0.4 is 4.74 Å². The van der Waals surface area contributed by atoms with Gasteiger partial charge in [-0.15, -0.1) is 0 Å². The third-order valence-corrected chi connectivity index (χ3v) is 4.67. The normalized spacial score (nSPS) is 15.6. The zero-order valence-electron chi connectivity index (χ0n) is 15.3. The molecule has 0 aromatic heterocycles. The van der Waals surface area contributed by atoms with Crippen molar-refractivity contribution in [2.75, 3.05) is 13.7 Å². The van der Waals surface area contributed by atoms with Crippen LogP contribution >= 0.6 is 0 Å². The van der Waals surface area contributed by atoms with Gasteiger partial charge >= 0.3 is 5.97 Å². The van der Waals surface area contributed by atoms with E-state index in [2.05, 4.69) is 0 Å². The molecule has 1 heterocycles. The fourth-order valence-corrected chi connectivity index (χ4v) is 3.15. The molecule has 0 saturated heterocycles. The summed E-state index contributed by atoms with van der Waals surface area (Å²) in [5, 5.41) is 0. The molecule has 2 aromatic carbocycles. The number of rotatable bonds is 5. The van der Waals surface area contributed by atoms with Gasteiger partial charge in [0.25, 0.3) is 5.91 Å². The van der Waals surface area contributed by atoms with Gasteiger partial charge in [0, 0.05) is 18.5 Å². The monoisotopic (exact) mass is 367 g/mol. The van der Waals surface area contributed by atoms with Gasteiger partial charge in [-0.1, -0.05) is 24.3 Å². The minimum absolute atomic E-state index is 0.0365. The Morgan fingerprint density at radius 3 is 2.33 bits per heavy atom. The summed E-state index contributed by atoms with van der Waals surface area (Å²) in [4.78, 5) is 37.7. The largest absolute Gasteiger partial charge is 0.484 e. The number of nitrogens with zero attached hydrogens (tertiary/aromatic N) is 1. The van der Waals surface area contributed by atoms with Gasteiger partial charge in [-0.05, 0) is 42.3 Å². The van der Waals surface area contributed by atoms with Gasteiger partial charge in [0.1, 0.15) is 11.8 Å². The van der Waals surface area contributed by atoms with Crippen LogP contribution in [0, 0.1) is 0 Å². The van der Waals surface area contributed by atoms with Gasteiger partial charge in [0.2, 0.25) is 0 Å². The van der Waals surface area contributed by atoms with E-state index in [-0.39, 0.29) is 18.3 Å². The summed E-state index contributed by atoms with van der Waals surface area (Å²) in [5.74, 6) is -0.287. The number of ether oxygens (including phenoxy) is 2. The summed E-state index contributed by atoms with van der Waals surface area (Å²) in [6, 6.07) is 13.7. The summed E-state index contributed by atoms with van der Waals surface area (Å²) < 4.78 is 10.4. The molecule has 140 valence electrons. The Hall–Kier alpha value is -3.15. The lowest BCUT2D eigenvalue weighted by Crippen LogP contribution is -2.50. The number of methoxy groups -OCH3 is 1. The number of esters is 1. The van der Waals surface area contributed by atoms with E-state index in [1.165, 1.54) is 18.9 Å². The van der Waals surface area contributed by atoms with Crippen molar-refractivity contribution in [3.8, 4) is 5.75 Å². The highest BCUT2D eigenvalue weighted by molar-refractivity contribution is 5.94. The molecular weight excluding hydrogens is 346 g/mol. The molecule has 27 heavy (non-hydrogen) atoms. The van der Waals surface area contributed by atoms with Gasteiger partial charge in [0.15, 0.2) is 12.4 Å². The van der Waals surface area contributed by atoms with Crippen LogP contribution in [-0.4, -0.2) is 42.3 Å². The second-order valence-electron chi connectivity index (χ2n) is 6.40. The molecule has 0 radical (unpaired) electrons. The van der Waals surface area contributed by atoms with Crippen LogP contribution in [0.25, 0.3) is 0 Å². The molecule has 6 nitrogen and oxygen atoms in total. The molecule has 2 aromatic rings. The first-order valence-corrected chi connectivity index (χ1v) is 8.67. The Morgan fingerprint density at radius 2 is 1.70 bits per heavy atom. The summed E-state index contributed by atoms with van der Waals surface area (Å²) in [5.41, 5.74) is 2.63. The molecule has 3 rings (SSSR count). The van der Waals surface area contributed by atoms with Gasteiger partial charge in [-0.25, -0.2) is 4.79 Å². The Kier molecular flexibility index (Phi) is 5.54. The first kappa shape index (κ1) is 18.6. The number of carbonyl (C=O) groups is 3. The maximum atomic E-state index is 12.7. The van der Waals surface area contributed by atoms with Crippen molar-refractivity contribution in [2.45, 2.75) is 25.9 Å². The number of Topliss-reactive ketones (excluding diaryl/α,β-unsaturated/α-hetero) is 1. The van der Waals surface area contributed by atoms with E-state index in [0.717, 1.165) is 11.1 Å². The van der Waals surface area contributed by atoms with E-state index >= 15 is 0 Å². The molecule has 6 heteroatoms. The number of amides is 1. The Bertz CT molecular complexity index is 859. The molecule has 1 unspecified atom stereocenters. The van der Waals surface area contributed by atoms with Gasteiger partial charge in [-0.2, -0.15) is 0 Å². The van der Waals surface area contributed by atoms with Gasteiger partial charge in [0.05, 0.1) is 7.11 Å². The Labute approximate surface area is 157 Å². The van der Waals surface area contributed by atoms with E-state index in [4.69, 9.17) is 9.47 Å². The fourth-order valence-electron chi connectivity index (χ4n) is 3.15. The highest BCUT2D eigenvalue weighted by atomic mass is 16.5. The second-order valence-corrected chi connectivity index (χ2v) is 6.40. The van der Waals surface area contributed by atoms with E-state index in [9.17, 15) is 14.4 Å². The molecule has 0 N–H and O–H groups in total. The Balaban J connectivity index is 1.71. The highest BCUT2D eigenvalue weighted by Gasteiger charge is 2.35. The lowest BCUT2D eigenvalue weighted by Gasteiger charge is -2.35. The number of hydrogen-bond donors (Lipinski definition) is 0. The predicted octanol–water partition coefficient (Wildman–Crippen LogP) is 2.39. The molecule has 1 atom stereocenters. The number of fused-ring (bicyclic) bond motifs is 1. The van der Waals surface area contributed by atoms with Crippen molar-refractivity contribution in [3.63, 3.8) is 0 Å². The van der Waals surface area contributed by atoms with E-state index < -0.39 is 12.0 Å². The average Bonchev–Trinajstić information content (AvgIpc) is 2.70. The predicted molar refractivity (Wildman–Crippen MR) is 98.4 cm³/mol. The number of carbonyl (C=O) groups excluding carboxylic acids is 3. The molecule has 0 aliphatic carbocycles. The fraction of sp³-hybridized carbons (Fsp3) is 0.286. The molecule has 0 bridgehead atoms. The van der Waals surface area contributed by atoms with Crippen molar-refractivity contribution in [3.05, 3.63) is 65.2 Å². The third kappa shape index (κ3) is 4.16. The van der Waals surface area contributed by atoms with Crippen LogP contribution in [0.4, 0.5) is 0 Å².